The van der Waals surface area contributed by atoms with E-state index in [1.165, 1.54) is 14.2 Å². The number of carbonyl (C=O) groups is 1. The third-order valence-corrected chi connectivity index (χ3v) is 5.35. The molecular formula is C22H17BrO5. The average molecular weight is 441 g/mol. The van der Waals surface area contributed by atoms with Gasteiger partial charge in [-0.1, -0.05) is 60.7 Å². The van der Waals surface area contributed by atoms with Crippen LogP contribution in [0, 0.1) is 0 Å². The van der Waals surface area contributed by atoms with Gasteiger partial charge in [-0.3, -0.25) is 0 Å². The lowest BCUT2D eigenvalue weighted by molar-refractivity contribution is -0.0467. The Labute approximate surface area is 170 Å². The molecule has 3 aromatic carbocycles. The van der Waals surface area contributed by atoms with Crippen LogP contribution in [0.25, 0.3) is 0 Å². The number of fused-ring (bicyclic) bond motifs is 1. The molecule has 0 unspecified atom stereocenters. The Hall–Kier alpha value is -2.99. The van der Waals surface area contributed by atoms with Crippen LogP contribution >= 0.6 is 15.9 Å². The smallest absolute Gasteiger partial charge is 0.339 e. The van der Waals surface area contributed by atoms with Gasteiger partial charge in [-0.15, -0.1) is 0 Å². The number of rotatable bonds is 4. The second kappa shape index (κ2) is 7.20. The number of carbonyl (C=O) groups excluding carboxylic acids is 1. The van der Waals surface area contributed by atoms with Crippen LogP contribution in [0.4, 0.5) is 0 Å². The molecule has 3 aromatic rings. The predicted molar refractivity (Wildman–Crippen MR) is 107 cm³/mol. The molecule has 28 heavy (non-hydrogen) atoms. The van der Waals surface area contributed by atoms with Crippen LogP contribution in [0.15, 0.2) is 71.2 Å². The number of hydrogen-bond acceptors (Lipinski definition) is 5. The number of ether oxygens (including phenoxy) is 4. The fraction of sp³-hybridized carbons (Fsp3) is 0.136. The highest BCUT2D eigenvalue weighted by atomic mass is 79.9. The molecule has 0 aromatic heterocycles. The molecule has 0 atom stereocenters. The molecule has 0 amide bonds. The first-order chi connectivity index (χ1) is 13.6. The summed E-state index contributed by atoms with van der Waals surface area (Å²) >= 11 is 3.43. The van der Waals surface area contributed by atoms with Crippen molar-refractivity contribution in [3.8, 4) is 17.2 Å². The molecule has 0 radical (unpaired) electrons. The molecule has 0 N–H and O–H groups in total. The highest BCUT2D eigenvalue weighted by Gasteiger charge is 2.47. The molecular weight excluding hydrogens is 424 g/mol. The lowest BCUT2D eigenvalue weighted by atomic mass is 9.97. The molecule has 1 heterocycles. The van der Waals surface area contributed by atoms with E-state index >= 15 is 0 Å². The fourth-order valence-corrected chi connectivity index (χ4v) is 3.86. The normalized spacial score (nSPS) is 13.8. The van der Waals surface area contributed by atoms with Gasteiger partial charge in [0, 0.05) is 17.2 Å². The highest BCUT2D eigenvalue weighted by molar-refractivity contribution is 9.10. The monoisotopic (exact) mass is 440 g/mol. The number of halogens is 1. The molecule has 142 valence electrons. The molecule has 0 fully saturated rings. The molecule has 1 aliphatic heterocycles. The minimum Gasteiger partial charge on any atom is -0.492 e. The van der Waals surface area contributed by atoms with Gasteiger partial charge in [0.25, 0.3) is 0 Å². The highest BCUT2D eigenvalue weighted by Crippen LogP contribution is 2.55. The van der Waals surface area contributed by atoms with Crippen molar-refractivity contribution in [1.82, 2.24) is 0 Å². The van der Waals surface area contributed by atoms with Crippen LogP contribution in [-0.4, -0.2) is 20.2 Å². The van der Waals surface area contributed by atoms with E-state index in [0.29, 0.717) is 27.3 Å². The maximum absolute atomic E-state index is 12.2. The van der Waals surface area contributed by atoms with Crippen LogP contribution in [0.5, 0.6) is 17.2 Å². The van der Waals surface area contributed by atoms with E-state index in [-0.39, 0.29) is 0 Å². The first kappa shape index (κ1) is 18.4. The lowest BCUT2D eigenvalue weighted by Crippen LogP contribution is -2.36. The van der Waals surface area contributed by atoms with Crippen molar-refractivity contribution >= 4 is 21.9 Å². The third-order valence-electron chi connectivity index (χ3n) is 4.56. The zero-order valence-electron chi connectivity index (χ0n) is 15.3. The molecule has 5 nitrogen and oxygen atoms in total. The van der Waals surface area contributed by atoms with Crippen LogP contribution in [0.3, 0.4) is 0 Å². The molecule has 0 saturated heterocycles. The number of benzene rings is 3. The zero-order chi connectivity index (χ0) is 19.7. The maximum Gasteiger partial charge on any atom is 0.339 e. The van der Waals surface area contributed by atoms with E-state index in [1.54, 1.807) is 6.07 Å². The first-order valence-corrected chi connectivity index (χ1v) is 9.38. The Morgan fingerprint density at radius 1 is 0.929 bits per heavy atom. The van der Waals surface area contributed by atoms with Crippen LogP contribution in [0.1, 0.15) is 21.5 Å². The van der Waals surface area contributed by atoms with E-state index in [0.717, 1.165) is 11.1 Å². The Balaban J connectivity index is 1.93. The van der Waals surface area contributed by atoms with Crippen molar-refractivity contribution in [1.29, 1.82) is 0 Å². The minimum absolute atomic E-state index is 0.290. The zero-order valence-corrected chi connectivity index (χ0v) is 16.9. The number of hydrogen-bond donors (Lipinski definition) is 0. The Kier molecular flexibility index (Phi) is 4.73. The van der Waals surface area contributed by atoms with Crippen LogP contribution in [-0.2, 0) is 10.5 Å². The molecule has 0 aliphatic carbocycles. The summed E-state index contributed by atoms with van der Waals surface area (Å²) in [6.45, 7) is 0. The van der Waals surface area contributed by atoms with Crippen LogP contribution < -0.4 is 14.2 Å². The summed E-state index contributed by atoms with van der Waals surface area (Å²) in [4.78, 5) is 12.2. The van der Waals surface area contributed by atoms with Gasteiger partial charge in [0.15, 0.2) is 11.5 Å². The van der Waals surface area contributed by atoms with Crippen molar-refractivity contribution in [2.75, 3.05) is 14.2 Å². The largest absolute Gasteiger partial charge is 0.492 e. The Bertz CT molecular complexity index is 979. The van der Waals surface area contributed by atoms with Gasteiger partial charge in [0.2, 0.25) is 5.75 Å². The molecule has 1 aliphatic rings. The topological polar surface area (TPSA) is 54.0 Å². The summed E-state index contributed by atoms with van der Waals surface area (Å²) in [7, 11) is 2.83. The van der Waals surface area contributed by atoms with Crippen molar-refractivity contribution in [3.05, 3.63) is 87.9 Å². The minimum atomic E-state index is -1.20. The average Bonchev–Trinajstić information content (AvgIpc) is 3.14. The number of methoxy groups -OCH3 is 2. The third kappa shape index (κ3) is 2.81. The van der Waals surface area contributed by atoms with Gasteiger partial charge < -0.3 is 18.9 Å². The summed E-state index contributed by atoms with van der Waals surface area (Å²) in [5, 5.41) is 0. The second-order valence-electron chi connectivity index (χ2n) is 6.14. The van der Waals surface area contributed by atoms with Gasteiger partial charge in [-0.05, 0) is 15.9 Å². The molecule has 0 spiro atoms. The molecule has 0 bridgehead atoms. The number of esters is 1. The van der Waals surface area contributed by atoms with Crippen molar-refractivity contribution < 1.29 is 23.7 Å². The van der Waals surface area contributed by atoms with E-state index in [9.17, 15) is 4.79 Å². The standard InChI is InChI=1S/C22H17BrO5/c1-25-20-18(23)16(21(24)26-2)13-17-19(20)28-22(27-17,14-9-5-3-6-10-14)15-11-7-4-8-12-15/h3-13H,1-2H3. The van der Waals surface area contributed by atoms with Gasteiger partial charge in [-0.2, -0.15) is 0 Å². The maximum atomic E-state index is 12.2. The summed E-state index contributed by atoms with van der Waals surface area (Å²) < 4.78 is 23.6. The summed E-state index contributed by atoms with van der Waals surface area (Å²) in [6, 6.07) is 20.9. The quantitative estimate of drug-likeness (QED) is 0.539. The van der Waals surface area contributed by atoms with E-state index in [4.69, 9.17) is 18.9 Å². The summed E-state index contributed by atoms with van der Waals surface area (Å²) in [6.07, 6.45) is 0. The van der Waals surface area contributed by atoms with Gasteiger partial charge in [0.1, 0.15) is 0 Å². The van der Waals surface area contributed by atoms with E-state index in [2.05, 4.69) is 15.9 Å². The molecule has 4 rings (SSSR count). The molecule has 0 saturated carbocycles. The SMILES string of the molecule is COC(=O)c1cc2c(c(OC)c1Br)OC(c1ccccc1)(c1ccccc1)O2. The van der Waals surface area contributed by atoms with Crippen molar-refractivity contribution in [2.24, 2.45) is 0 Å². The predicted octanol–water partition coefficient (Wildman–Crippen LogP) is 4.92. The summed E-state index contributed by atoms with van der Waals surface area (Å²) in [5.41, 5.74) is 1.92. The Morgan fingerprint density at radius 3 is 2.00 bits per heavy atom. The molecule has 6 heteroatoms. The fourth-order valence-electron chi connectivity index (χ4n) is 3.24. The first-order valence-electron chi connectivity index (χ1n) is 8.58. The van der Waals surface area contributed by atoms with Gasteiger partial charge >= 0.3 is 11.8 Å². The van der Waals surface area contributed by atoms with E-state index in [1.807, 2.05) is 60.7 Å². The van der Waals surface area contributed by atoms with Crippen molar-refractivity contribution in [3.63, 3.8) is 0 Å². The van der Waals surface area contributed by atoms with Gasteiger partial charge in [-0.25, -0.2) is 4.79 Å². The lowest BCUT2D eigenvalue weighted by Gasteiger charge is -2.28. The Morgan fingerprint density at radius 2 is 1.50 bits per heavy atom. The second-order valence-corrected chi connectivity index (χ2v) is 6.94. The van der Waals surface area contributed by atoms with Crippen LogP contribution in [0.2, 0.25) is 0 Å². The van der Waals surface area contributed by atoms with E-state index < -0.39 is 11.8 Å². The van der Waals surface area contributed by atoms with Crippen molar-refractivity contribution in [2.45, 2.75) is 5.79 Å². The summed E-state index contributed by atoms with van der Waals surface area (Å²) in [5.74, 6) is -0.533. The van der Waals surface area contributed by atoms with Gasteiger partial charge in [0.05, 0.1) is 24.3 Å².